The van der Waals surface area contributed by atoms with Crippen molar-refractivity contribution in [2.24, 2.45) is 5.73 Å². The molecule has 0 aliphatic rings. The minimum atomic E-state index is -0.271. The molecule has 0 spiro atoms. The zero-order chi connectivity index (χ0) is 11.4. The molecule has 0 radical (unpaired) electrons. The molecule has 0 unspecified atom stereocenters. The highest BCUT2D eigenvalue weighted by Crippen LogP contribution is 2.08. The second kappa shape index (κ2) is 4.71. The fourth-order valence-corrected chi connectivity index (χ4v) is 1.23. The fraction of sp³-hybridized carbons (Fsp3) is 0.200. The van der Waals surface area contributed by atoms with Crippen LogP contribution in [-0.2, 0) is 13.1 Å². The van der Waals surface area contributed by atoms with Gasteiger partial charge in [-0.25, -0.2) is 4.39 Å². The molecule has 2 rings (SSSR count). The first-order valence-corrected chi connectivity index (χ1v) is 4.78. The zero-order valence-corrected chi connectivity index (χ0v) is 8.48. The lowest BCUT2D eigenvalue weighted by Crippen LogP contribution is -1.99. The molecule has 1 aromatic carbocycles. The topological polar surface area (TPSA) is 77.0 Å². The van der Waals surface area contributed by atoms with Crippen LogP contribution < -0.4 is 11.1 Å². The average molecular weight is 222 g/mol. The van der Waals surface area contributed by atoms with Gasteiger partial charge in [0.2, 0.25) is 5.89 Å². The maximum absolute atomic E-state index is 12.9. The van der Waals surface area contributed by atoms with E-state index in [1.807, 2.05) is 0 Å². The molecule has 1 aromatic heterocycles. The smallest absolute Gasteiger partial charge is 0.315 e. The van der Waals surface area contributed by atoms with E-state index in [1.54, 1.807) is 12.1 Å². The number of nitrogens with zero attached hydrogens (tertiary/aromatic N) is 2. The Kier molecular flexibility index (Phi) is 3.11. The van der Waals surface area contributed by atoms with Crippen molar-refractivity contribution < 1.29 is 8.81 Å². The summed E-state index contributed by atoms with van der Waals surface area (Å²) >= 11 is 0. The second-order valence-electron chi connectivity index (χ2n) is 3.19. The Morgan fingerprint density at radius 1 is 1.38 bits per heavy atom. The molecule has 3 N–H and O–H groups in total. The van der Waals surface area contributed by atoms with Crippen molar-refractivity contribution in [1.82, 2.24) is 10.2 Å². The molecule has 1 heterocycles. The number of hydrogen-bond donors (Lipinski definition) is 2. The molecule has 0 saturated carbocycles. The van der Waals surface area contributed by atoms with Gasteiger partial charge in [-0.2, -0.15) is 0 Å². The fourth-order valence-electron chi connectivity index (χ4n) is 1.23. The average Bonchev–Trinajstić information content (AvgIpc) is 2.74. The third-order valence-electron chi connectivity index (χ3n) is 1.97. The van der Waals surface area contributed by atoms with E-state index in [2.05, 4.69) is 15.5 Å². The van der Waals surface area contributed by atoms with Gasteiger partial charge in [-0.3, -0.25) is 0 Å². The molecule has 16 heavy (non-hydrogen) atoms. The predicted octanol–water partition coefficient (Wildman–Crippen LogP) is 1.28. The number of nitrogens with one attached hydrogen (secondary N) is 1. The maximum Gasteiger partial charge on any atom is 0.315 e. The predicted molar refractivity (Wildman–Crippen MR) is 55.9 cm³/mol. The first-order valence-electron chi connectivity index (χ1n) is 4.78. The molecule has 0 fully saturated rings. The normalized spacial score (nSPS) is 10.4. The standard InChI is InChI=1S/C10H11FN4O/c11-8-3-1-2-7(4-8)6-13-10-15-14-9(5-12)16-10/h1-4H,5-6,12H2,(H,13,15). The molecule has 6 heteroatoms. The third kappa shape index (κ3) is 2.54. The summed E-state index contributed by atoms with van der Waals surface area (Å²) in [4.78, 5) is 0. The quantitative estimate of drug-likeness (QED) is 0.814. The van der Waals surface area contributed by atoms with Gasteiger partial charge in [-0.05, 0) is 17.7 Å². The Morgan fingerprint density at radius 3 is 2.94 bits per heavy atom. The summed E-state index contributed by atoms with van der Waals surface area (Å²) in [6.45, 7) is 0.624. The summed E-state index contributed by atoms with van der Waals surface area (Å²) in [5, 5.41) is 10.3. The van der Waals surface area contributed by atoms with Gasteiger partial charge >= 0.3 is 6.01 Å². The molecule has 5 nitrogen and oxygen atoms in total. The summed E-state index contributed by atoms with van der Waals surface area (Å²) in [7, 11) is 0. The molecule has 0 amide bonds. The Labute approximate surface area is 91.5 Å². The first kappa shape index (κ1) is 10.6. The molecular weight excluding hydrogens is 211 g/mol. The van der Waals surface area contributed by atoms with Gasteiger partial charge in [0.05, 0.1) is 6.54 Å². The van der Waals surface area contributed by atoms with Crippen LogP contribution in [0, 0.1) is 5.82 Å². The molecule has 2 aromatic rings. The lowest BCUT2D eigenvalue weighted by Gasteiger charge is -2.01. The summed E-state index contributed by atoms with van der Waals surface area (Å²) in [6, 6.07) is 6.56. The SMILES string of the molecule is NCc1nnc(NCc2cccc(F)c2)o1. The molecule has 84 valence electrons. The van der Waals surface area contributed by atoms with Gasteiger partial charge in [0.15, 0.2) is 0 Å². The highest BCUT2D eigenvalue weighted by Gasteiger charge is 2.03. The summed E-state index contributed by atoms with van der Waals surface area (Å²) < 4.78 is 18.0. The van der Waals surface area contributed by atoms with Crippen molar-refractivity contribution in [3.63, 3.8) is 0 Å². The van der Waals surface area contributed by atoms with Crippen molar-refractivity contribution in [3.8, 4) is 0 Å². The van der Waals surface area contributed by atoms with E-state index in [0.717, 1.165) is 5.56 Å². The molecule has 0 saturated heterocycles. The van der Waals surface area contributed by atoms with Gasteiger partial charge in [-0.15, -0.1) is 5.10 Å². The Hall–Kier alpha value is -1.95. The van der Waals surface area contributed by atoms with Crippen LogP contribution in [0.1, 0.15) is 11.5 Å². The van der Waals surface area contributed by atoms with Crippen LogP contribution in [0.5, 0.6) is 0 Å². The van der Waals surface area contributed by atoms with Crippen molar-refractivity contribution >= 4 is 6.01 Å². The van der Waals surface area contributed by atoms with Crippen LogP contribution in [0.15, 0.2) is 28.7 Å². The maximum atomic E-state index is 12.9. The van der Waals surface area contributed by atoms with E-state index in [9.17, 15) is 4.39 Å². The minimum absolute atomic E-state index is 0.203. The summed E-state index contributed by atoms with van der Waals surface area (Å²) in [6.07, 6.45) is 0. The molecule has 0 aliphatic heterocycles. The summed E-state index contributed by atoms with van der Waals surface area (Å²) in [5.41, 5.74) is 6.12. The third-order valence-corrected chi connectivity index (χ3v) is 1.97. The lowest BCUT2D eigenvalue weighted by atomic mass is 10.2. The molecular formula is C10H11FN4O. The second-order valence-corrected chi connectivity index (χ2v) is 3.19. The van der Waals surface area contributed by atoms with Gasteiger partial charge in [0.25, 0.3) is 0 Å². The van der Waals surface area contributed by atoms with Gasteiger partial charge < -0.3 is 15.5 Å². The largest absolute Gasteiger partial charge is 0.407 e. The van der Waals surface area contributed by atoms with Crippen LogP contribution in [0.25, 0.3) is 0 Å². The van der Waals surface area contributed by atoms with Crippen LogP contribution in [0.4, 0.5) is 10.4 Å². The molecule has 0 atom stereocenters. The van der Waals surface area contributed by atoms with E-state index >= 15 is 0 Å². The van der Waals surface area contributed by atoms with E-state index in [1.165, 1.54) is 12.1 Å². The van der Waals surface area contributed by atoms with Crippen LogP contribution in [0.2, 0.25) is 0 Å². The van der Waals surface area contributed by atoms with E-state index in [4.69, 9.17) is 10.2 Å². The van der Waals surface area contributed by atoms with Crippen LogP contribution in [-0.4, -0.2) is 10.2 Å². The number of aromatic nitrogens is 2. The number of anilines is 1. The van der Waals surface area contributed by atoms with E-state index in [0.29, 0.717) is 12.4 Å². The van der Waals surface area contributed by atoms with Crippen LogP contribution >= 0.6 is 0 Å². The monoisotopic (exact) mass is 222 g/mol. The number of benzene rings is 1. The van der Waals surface area contributed by atoms with Crippen molar-refractivity contribution in [2.75, 3.05) is 5.32 Å². The van der Waals surface area contributed by atoms with Gasteiger partial charge in [0, 0.05) is 6.54 Å². The first-order chi connectivity index (χ1) is 7.78. The Bertz CT molecular complexity index is 471. The highest BCUT2D eigenvalue weighted by atomic mass is 19.1. The highest BCUT2D eigenvalue weighted by molar-refractivity contribution is 5.24. The number of rotatable bonds is 4. The number of nitrogens with two attached hydrogens (primary N) is 1. The number of halogens is 1. The number of hydrogen-bond acceptors (Lipinski definition) is 5. The van der Waals surface area contributed by atoms with Gasteiger partial charge in [0.1, 0.15) is 5.82 Å². The zero-order valence-electron chi connectivity index (χ0n) is 8.48. The Morgan fingerprint density at radius 2 is 2.25 bits per heavy atom. The van der Waals surface area contributed by atoms with E-state index < -0.39 is 0 Å². The molecule has 0 aliphatic carbocycles. The Balaban J connectivity index is 1.96. The van der Waals surface area contributed by atoms with Crippen LogP contribution in [0.3, 0.4) is 0 Å². The van der Waals surface area contributed by atoms with Gasteiger partial charge in [-0.1, -0.05) is 17.2 Å². The minimum Gasteiger partial charge on any atom is -0.407 e. The van der Waals surface area contributed by atoms with Crippen molar-refractivity contribution in [3.05, 3.63) is 41.5 Å². The summed E-state index contributed by atoms with van der Waals surface area (Å²) in [5.74, 6) is 0.0919. The lowest BCUT2D eigenvalue weighted by molar-refractivity contribution is 0.507. The van der Waals surface area contributed by atoms with Crippen molar-refractivity contribution in [1.29, 1.82) is 0 Å². The molecule has 0 bridgehead atoms. The van der Waals surface area contributed by atoms with Crippen molar-refractivity contribution in [2.45, 2.75) is 13.1 Å². The van der Waals surface area contributed by atoms with E-state index in [-0.39, 0.29) is 18.4 Å².